The maximum absolute atomic E-state index is 14.4. The number of hydrogen-bond donors (Lipinski definition) is 1. The van der Waals surface area contributed by atoms with Gasteiger partial charge in [0, 0.05) is 42.0 Å². The molecular formula is C26H25ClFN5O2S. The maximum Gasteiger partial charge on any atom is 0.225 e. The predicted molar refractivity (Wildman–Crippen MR) is 142 cm³/mol. The standard InChI is InChI=1S/C26H25ClFN5O2S/c1-16(20-5-3-4-6-22(20)28)32-25-21-13-18(7-8-23(21)31-17(2)24(25)27)19-14-29-26(30-15-19)33-9-11-36(34,35)12-10-33/h3-8,13-16H,9-12H2,1-2H3,(H,31,32). The Kier molecular flexibility index (Phi) is 6.53. The molecule has 1 fully saturated rings. The van der Waals surface area contributed by atoms with Crippen molar-refractivity contribution in [1.82, 2.24) is 15.0 Å². The van der Waals surface area contributed by atoms with Crippen LogP contribution in [0.5, 0.6) is 0 Å². The first kappa shape index (κ1) is 24.4. The first-order valence-electron chi connectivity index (χ1n) is 11.6. The van der Waals surface area contributed by atoms with Crippen LogP contribution in [-0.4, -0.2) is 48.0 Å². The van der Waals surface area contributed by atoms with Crippen molar-refractivity contribution >= 4 is 44.0 Å². The fourth-order valence-electron chi connectivity index (χ4n) is 4.35. The lowest BCUT2D eigenvalue weighted by atomic mass is 10.0. The largest absolute Gasteiger partial charge is 0.377 e. The molecule has 0 amide bonds. The zero-order valence-electron chi connectivity index (χ0n) is 19.9. The predicted octanol–water partition coefficient (Wildman–Crippen LogP) is 5.20. The van der Waals surface area contributed by atoms with Crippen LogP contribution < -0.4 is 10.2 Å². The first-order valence-corrected chi connectivity index (χ1v) is 13.8. The van der Waals surface area contributed by atoms with E-state index in [1.807, 2.05) is 36.9 Å². The number of sulfone groups is 1. The average molecular weight is 526 g/mol. The Morgan fingerprint density at radius 1 is 1.06 bits per heavy atom. The minimum atomic E-state index is -2.98. The van der Waals surface area contributed by atoms with E-state index in [2.05, 4.69) is 20.3 Å². The molecule has 2 aromatic heterocycles. The minimum absolute atomic E-state index is 0.108. The summed E-state index contributed by atoms with van der Waals surface area (Å²) in [6, 6.07) is 12.2. The lowest BCUT2D eigenvalue weighted by Crippen LogP contribution is -2.41. The SMILES string of the molecule is Cc1nc2ccc(-c3cnc(N4CCS(=O)(=O)CC4)nc3)cc2c(NC(C)c2ccccc2F)c1Cl. The number of aromatic nitrogens is 3. The van der Waals surface area contributed by atoms with Gasteiger partial charge in [-0.2, -0.15) is 0 Å². The molecular weight excluding hydrogens is 501 g/mol. The Morgan fingerprint density at radius 3 is 2.44 bits per heavy atom. The monoisotopic (exact) mass is 525 g/mol. The summed E-state index contributed by atoms with van der Waals surface area (Å²) in [5.74, 6) is 0.442. The zero-order valence-corrected chi connectivity index (χ0v) is 21.4. The molecule has 0 spiro atoms. The molecule has 2 aromatic carbocycles. The number of halogens is 2. The van der Waals surface area contributed by atoms with E-state index >= 15 is 0 Å². The van der Waals surface area contributed by atoms with Crippen molar-refractivity contribution in [1.29, 1.82) is 0 Å². The second kappa shape index (κ2) is 9.63. The third kappa shape index (κ3) is 4.85. The summed E-state index contributed by atoms with van der Waals surface area (Å²) in [4.78, 5) is 15.5. The Hall–Kier alpha value is -3.30. The highest BCUT2D eigenvalue weighted by Crippen LogP contribution is 2.37. The molecule has 1 saturated heterocycles. The van der Waals surface area contributed by atoms with E-state index in [-0.39, 0.29) is 23.4 Å². The Morgan fingerprint density at radius 2 is 1.75 bits per heavy atom. The lowest BCUT2D eigenvalue weighted by Gasteiger charge is -2.26. The molecule has 0 radical (unpaired) electrons. The van der Waals surface area contributed by atoms with Crippen LogP contribution in [0.15, 0.2) is 54.9 Å². The maximum atomic E-state index is 14.4. The normalized spacial score (nSPS) is 16.2. The van der Waals surface area contributed by atoms with E-state index in [1.165, 1.54) is 6.07 Å². The van der Waals surface area contributed by atoms with Gasteiger partial charge >= 0.3 is 0 Å². The molecule has 1 N–H and O–H groups in total. The van der Waals surface area contributed by atoms with Gasteiger partial charge in [0.05, 0.1) is 39.5 Å². The molecule has 0 bridgehead atoms. The summed E-state index contributed by atoms with van der Waals surface area (Å²) in [7, 11) is -2.98. The molecule has 10 heteroatoms. The molecule has 4 aromatic rings. The summed E-state index contributed by atoms with van der Waals surface area (Å²) in [6.07, 6.45) is 3.45. The van der Waals surface area contributed by atoms with Crippen LogP contribution in [-0.2, 0) is 9.84 Å². The lowest BCUT2D eigenvalue weighted by molar-refractivity contribution is 0.585. The number of nitrogens with zero attached hydrogens (tertiary/aromatic N) is 4. The van der Waals surface area contributed by atoms with Crippen molar-refractivity contribution in [2.24, 2.45) is 0 Å². The van der Waals surface area contributed by atoms with Crippen molar-refractivity contribution in [2.75, 3.05) is 34.8 Å². The number of hydrogen-bond acceptors (Lipinski definition) is 7. The zero-order chi connectivity index (χ0) is 25.4. The van der Waals surface area contributed by atoms with Crippen LogP contribution in [0.1, 0.15) is 24.2 Å². The summed E-state index contributed by atoms with van der Waals surface area (Å²) >= 11 is 6.68. The fourth-order valence-corrected chi connectivity index (χ4v) is 5.75. The Bertz CT molecular complexity index is 1530. The minimum Gasteiger partial charge on any atom is -0.377 e. The fraction of sp³-hybridized carbons (Fsp3) is 0.269. The van der Waals surface area contributed by atoms with Crippen molar-refractivity contribution in [2.45, 2.75) is 19.9 Å². The van der Waals surface area contributed by atoms with Crippen LogP contribution in [0.2, 0.25) is 5.02 Å². The first-order chi connectivity index (χ1) is 17.2. The van der Waals surface area contributed by atoms with Crippen LogP contribution >= 0.6 is 11.6 Å². The van der Waals surface area contributed by atoms with E-state index in [1.54, 1.807) is 30.6 Å². The third-order valence-corrected chi connectivity index (χ3v) is 8.49. The second-order valence-electron chi connectivity index (χ2n) is 8.92. The van der Waals surface area contributed by atoms with E-state index in [0.29, 0.717) is 41.0 Å². The molecule has 36 heavy (non-hydrogen) atoms. The number of anilines is 2. The number of pyridine rings is 1. The molecule has 3 heterocycles. The number of aryl methyl sites for hydroxylation is 1. The van der Waals surface area contributed by atoms with Crippen LogP contribution in [0.3, 0.4) is 0 Å². The van der Waals surface area contributed by atoms with Gasteiger partial charge in [0.15, 0.2) is 9.84 Å². The molecule has 5 rings (SSSR count). The van der Waals surface area contributed by atoms with E-state index < -0.39 is 9.84 Å². The second-order valence-corrected chi connectivity index (χ2v) is 11.6. The van der Waals surface area contributed by atoms with Gasteiger partial charge in [-0.15, -0.1) is 0 Å². The molecule has 1 atom stereocenters. The average Bonchev–Trinajstić information content (AvgIpc) is 2.87. The van der Waals surface area contributed by atoms with Crippen LogP contribution in [0, 0.1) is 12.7 Å². The summed E-state index contributed by atoms with van der Waals surface area (Å²) in [6.45, 7) is 4.50. The van der Waals surface area contributed by atoms with Gasteiger partial charge in [0.25, 0.3) is 0 Å². The quantitative estimate of drug-likeness (QED) is 0.383. The van der Waals surface area contributed by atoms with Gasteiger partial charge in [-0.05, 0) is 37.6 Å². The molecule has 1 unspecified atom stereocenters. The van der Waals surface area contributed by atoms with E-state index in [4.69, 9.17) is 11.6 Å². The molecule has 1 aliphatic heterocycles. The Labute approximate surface area is 214 Å². The number of fused-ring (bicyclic) bond motifs is 1. The summed E-state index contributed by atoms with van der Waals surface area (Å²) in [5, 5.41) is 4.67. The Balaban J connectivity index is 1.47. The van der Waals surface area contributed by atoms with Crippen molar-refractivity contribution in [3.63, 3.8) is 0 Å². The molecule has 7 nitrogen and oxygen atoms in total. The number of nitrogens with one attached hydrogen (secondary N) is 1. The summed E-state index contributed by atoms with van der Waals surface area (Å²) < 4.78 is 37.8. The highest BCUT2D eigenvalue weighted by molar-refractivity contribution is 7.91. The van der Waals surface area contributed by atoms with Gasteiger partial charge in [0.1, 0.15) is 5.82 Å². The smallest absolute Gasteiger partial charge is 0.225 e. The van der Waals surface area contributed by atoms with Crippen molar-refractivity contribution < 1.29 is 12.8 Å². The highest BCUT2D eigenvalue weighted by Gasteiger charge is 2.23. The topological polar surface area (TPSA) is 88.1 Å². The van der Waals surface area contributed by atoms with Gasteiger partial charge in [0.2, 0.25) is 5.95 Å². The van der Waals surface area contributed by atoms with Crippen LogP contribution in [0.25, 0.3) is 22.0 Å². The van der Waals surface area contributed by atoms with Crippen LogP contribution in [0.4, 0.5) is 16.0 Å². The van der Waals surface area contributed by atoms with E-state index in [0.717, 1.165) is 22.0 Å². The molecule has 0 saturated carbocycles. The number of rotatable bonds is 5. The van der Waals surface area contributed by atoms with Gasteiger partial charge in [-0.1, -0.05) is 35.9 Å². The summed E-state index contributed by atoms with van der Waals surface area (Å²) in [5.41, 5.74) is 4.34. The van der Waals surface area contributed by atoms with Gasteiger partial charge in [-0.3, -0.25) is 4.98 Å². The molecule has 186 valence electrons. The van der Waals surface area contributed by atoms with Gasteiger partial charge < -0.3 is 10.2 Å². The van der Waals surface area contributed by atoms with Crippen molar-refractivity contribution in [3.05, 3.63) is 77.0 Å². The van der Waals surface area contributed by atoms with Gasteiger partial charge in [-0.25, -0.2) is 22.8 Å². The highest BCUT2D eigenvalue weighted by atomic mass is 35.5. The third-order valence-electron chi connectivity index (χ3n) is 6.42. The van der Waals surface area contributed by atoms with E-state index in [9.17, 15) is 12.8 Å². The molecule has 1 aliphatic rings. The number of benzene rings is 2. The molecule has 0 aliphatic carbocycles. The van der Waals surface area contributed by atoms with Crippen molar-refractivity contribution in [3.8, 4) is 11.1 Å².